The summed E-state index contributed by atoms with van der Waals surface area (Å²) >= 11 is 0. The minimum atomic E-state index is -0.829. The predicted molar refractivity (Wildman–Crippen MR) is 65.5 cm³/mol. The van der Waals surface area contributed by atoms with Gasteiger partial charge in [0.1, 0.15) is 0 Å². The van der Waals surface area contributed by atoms with Crippen molar-refractivity contribution in [2.45, 2.75) is 24.7 Å². The van der Waals surface area contributed by atoms with Crippen LogP contribution in [-0.2, 0) is 10.8 Å². The lowest BCUT2D eigenvalue weighted by Gasteiger charge is -2.03. The molecular formula is C12H19NOS. The average molecular weight is 225 g/mol. The summed E-state index contributed by atoms with van der Waals surface area (Å²) in [4.78, 5) is 0.938. The van der Waals surface area contributed by atoms with Crippen LogP contribution >= 0.6 is 0 Å². The van der Waals surface area contributed by atoms with Gasteiger partial charge in [-0.3, -0.25) is 4.21 Å². The van der Waals surface area contributed by atoms with Gasteiger partial charge >= 0.3 is 0 Å². The van der Waals surface area contributed by atoms with Gasteiger partial charge in [0.25, 0.3) is 0 Å². The Morgan fingerprint density at radius 3 is 2.60 bits per heavy atom. The zero-order valence-corrected chi connectivity index (χ0v) is 10.1. The zero-order chi connectivity index (χ0) is 10.9. The van der Waals surface area contributed by atoms with Crippen molar-refractivity contribution in [1.82, 2.24) is 5.32 Å². The molecule has 0 heterocycles. The molecule has 0 aliphatic heterocycles. The van der Waals surface area contributed by atoms with Crippen LogP contribution in [0.1, 0.15) is 19.8 Å². The van der Waals surface area contributed by atoms with E-state index in [2.05, 4.69) is 12.2 Å². The fourth-order valence-corrected chi connectivity index (χ4v) is 2.42. The minimum Gasteiger partial charge on any atom is -0.317 e. The summed E-state index contributed by atoms with van der Waals surface area (Å²) in [5.74, 6) is 0.751. The van der Waals surface area contributed by atoms with Gasteiger partial charge in [-0.05, 0) is 38.1 Å². The fourth-order valence-electron chi connectivity index (χ4n) is 1.32. The van der Waals surface area contributed by atoms with Crippen LogP contribution in [0.3, 0.4) is 0 Å². The van der Waals surface area contributed by atoms with Gasteiger partial charge in [0.05, 0.1) is 10.8 Å². The molecule has 2 nitrogen and oxygen atoms in total. The summed E-state index contributed by atoms with van der Waals surface area (Å²) in [7, 11) is -0.829. The molecule has 0 aliphatic rings. The molecule has 15 heavy (non-hydrogen) atoms. The molecule has 0 spiro atoms. The fraction of sp³-hybridized carbons (Fsp3) is 0.500. The molecular weight excluding hydrogens is 206 g/mol. The van der Waals surface area contributed by atoms with Crippen LogP contribution in [0.5, 0.6) is 0 Å². The summed E-state index contributed by atoms with van der Waals surface area (Å²) in [6.45, 7) is 4.17. The van der Waals surface area contributed by atoms with Crippen molar-refractivity contribution in [3.8, 4) is 0 Å². The van der Waals surface area contributed by atoms with Crippen LogP contribution < -0.4 is 5.32 Å². The lowest BCUT2D eigenvalue weighted by atomic mass is 10.4. The number of benzene rings is 1. The van der Waals surface area contributed by atoms with E-state index in [9.17, 15) is 4.21 Å². The van der Waals surface area contributed by atoms with Gasteiger partial charge in [-0.1, -0.05) is 25.1 Å². The Morgan fingerprint density at radius 2 is 1.93 bits per heavy atom. The quantitative estimate of drug-likeness (QED) is 0.721. The maximum atomic E-state index is 11.8. The Hall–Kier alpha value is -0.670. The molecule has 84 valence electrons. The molecule has 3 heteroatoms. The molecule has 0 saturated heterocycles. The van der Waals surface area contributed by atoms with Crippen LogP contribution in [0.4, 0.5) is 0 Å². The van der Waals surface area contributed by atoms with Crippen LogP contribution in [0.25, 0.3) is 0 Å². The van der Waals surface area contributed by atoms with E-state index in [0.717, 1.165) is 36.6 Å². The monoisotopic (exact) mass is 225 g/mol. The van der Waals surface area contributed by atoms with E-state index >= 15 is 0 Å². The highest BCUT2D eigenvalue weighted by molar-refractivity contribution is 7.85. The summed E-state index contributed by atoms with van der Waals surface area (Å²) in [5.41, 5.74) is 0. The average Bonchev–Trinajstić information content (AvgIpc) is 2.30. The molecule has 1 N–H and O–H groups in total. The van der Waals surface area contributed by atoms with Crippen molar-refractivity contribution < 1.29 is 4.21 Å². The molecule has 1 aromatic rings. The Labute approximate surface area is 94.5 Å². The number of rotatable bonds is 7. The standard InChI is InChI=1S/C12H19NOS/c1-2-9-13-10-6-11-15(14)12-7-4-3-5-8-12/h3-5,7-8,13H,2,6,9-11H2,1H3. The van der Waals surface area contributed by atoms with Gasteiger partial charge in [-0.25, -0.2) is 0 Å². The van der Waals surface area contributed by atoms with Gasteiger partial charge < -0.3 is 5.32 Å². The van der Waals surface area contributed by atoms with Crippen molar-refractivity contribution >= 4 is 10.8 Å². The van der Waals surface area contributed by atoms with E-state index in [0.29, 0.717) is 0 Å². The predicted octanol–water partition coefficient (Wildman–Crippen LogP) is 2.18. The van der Waals surface area contributed by atoms with Crippen molar-refractivity contribution in [1.29, 1.82) is 0 Å². The van der Waals surface area contributed by atoms with E-state index in [1.54, 1.807) is 0 Å². The molecule has 1 aromatic carbocycles. The van der Waals surface area contributed by atoms with Gasteiger partial charge in [0, 0.05) is 10.6 Å². The second-order valence-electron chi connectivity index (χ2n) is 3.47. The normalized spacial score (nSPS) is 12.6. The number of nitrogens with one attached hydrogen (secondary N) is 1. The first kappa shape index (κ1) is 12.4. The van der Waals surface area contributed by atoms with Crippen molar-refractivity contribution in [3.63, 3.8) is 0 Å². The molecule has 0 amide bonds. The first-order valence-electron chi connectivity index (χ1n) is 5.48. The second kappa shape index (κ2) is 7.60. The van der Waals surface area contributed by atoms with Gasteiger partial charge in [0.15, 0.2) is 0 Å². The Morgan fingerprint density at radius 1 is 1.20 bits per heavy atom. The lowest BCUT2D eigenvalue weighted by Crippen LogP contribution is -2.17. The smallest absolute Gasteiger partial charge is 0.0529 e. The SMILES string of the molecule is CCCNCCCS(=O)c1ccccc1. The molecule has 0 fully saturated rings. The molecule has 1 unspecified atom stereocenters. The topological polar surface area (TPSA) is 29.1 Å². The number of hydrogen-bond donors (Lipinski definition) is 1. The van der Waals surface area contributed by atoms with E-state index < -0.39 is 10.8 Å². The summed E-state index contributed by atoms with van der Waals surface area (Å²) in [5, 5.41) is 3.31. The van der Waals surface area contributed by atoms with Crippen molar-refractivity contribution in [2.24, 2.45) is 0 Å². The summed E-state index contributed by atoms with van der Waals surface area (Å²) in [6.07, 6.45) is 2.13. The minimum absolute atomic E-state index is 0.751. The zero-order valence-electron chi connectivity index (χ0n) is 9.24. The first-order chi connectivity index (χ1) is 7.34. The molecule has 0 aliphatic carbocycles. The molecule has 0 saturated carbocycles. The van der Waals surface area contributed by atoms with E-state index in [1.165, 1.54) is 0 Å². The maximum absolute atomic E-state index is 11.8. The molecule has 1 rings (SSSR count). The first-order valence-corrected chi connectivity index (χ1v) is 6.80. The third-order valence-electron chi connectivity index (χ3n) is 2.12. The largest absolute Gasteiger partial charge is 0.317 e. The number of hydrogen-bond acceptors (Lipinski definition) is 2. The van der Waals surface area contributed by atoms with Gasteiger partial charge in [0.2, 0.25) is 0 Å². The van der Waals surface area contributed by atoms with Crippen LogP contribution in [0, 0.1) is 0 Å². The lowest BCUT2D eigenvalue weighted by molar-refractivity contribution is 0.652. The van der Waals surface area contributed by atoms with Crippen molar-refractivity contribution in [2.75, 3.05) is 18.8 Å². The Kier molecular flexibility index (Phi) is 6.28. The highest BCUT2D eigenvalue weighted by atomic mass is 32.2. The highest BCUT2D eigenvalue weighted by Crippen LogP contribution is 2.05. The summed E-state index contributed by atoms with van der Waals surface area (Å²) in [6, 6.07) is 9.67. The highest BCUT2D eigenvalue weighted by Gasteiger charge is 2.01. The molecule has 1 atom stereocenters. The molecule has 0 bridgehead atoms. The van der Waals surface area contributed by atoms with Crippen LogP contribution in [-0.4, -0.2) is 23.1 Å². The van der Waals surface area contributed by atoms with Crippen LogP contribution in [0.15, 0.2) is 35.2 Å². The van der Waals surface area contributed by atoms with Crippen molar-refractivity contribution in [3.05, 3.63) is 30.3 Å². The van der Waals surface area contributed by atoms with E-state index in [-0.39, 0.29) is 0 Å². The van der Waals surface area contributed by atoms with Gasteiger partial charge in [-0.2, -0.15) is 0 Å². The third kappa shape index (κ3) is 5.09. The Balaban J connectivity index is 2.20. The molecule has 0 aromatic heterocycles. The Bertz CT molecular complexity index is 287. The van der Waals surface area contributed by atoms with E-state index in [4.69, 9.17) is 0 Å². The molecule has 0 radical (unpaired) electrons. The second-order valence-corrected chi connectivity index (χ2v) is 5.04. The van der Waals surface area contributed by atoms with Gasteiger partial charge in [-0.15, -0.1) is 0 Å². The van der Waals surface area contributed by atoms with Crippen LogP contribution in [0.2, 0.25) is 0 Å². The third-order valence-corrected chi connectivity index (χ3v) is 3.57. The summed E-state index contributed by atoms with van der Waals surface area (Å²) < 4.78 is 11.8. The van der Waals surface area contributed by atoms with E-state index in [1.807, 2.05) is 30.3 Å². The maximum Gasteiger partial charge on any atom is 0.0529 e.